The molecule has 0 radical (unpaired) electrons. The number of fused-ring (bicyclic) bond motifs is 1. The molecule has 9 nitrogen and oxygen atoms in total. The van der Waals surface area contributed by atoms with Crippen molar-refractivity contribution in [3.63, 3.8) is 0 Å². The first-order valence-corrected chi connectivity index (χ1v) is 18.9. The SMILES string of the molecule is CCOC(=O)c1oc2ccc(S(=O)(=O)N(CCc3ccccc3)c3ccccc3N3CCCN(C(=O)c4sccc4Br)CC3)cc2c1C. The maximum absolute atomic E-state index is 14.7. The lowest BCUT2D eigenvalue weighted by molar-refractivity contribution is 0.0491. The predicted molar refractivity (Wildman–Crippen MR) is 193 cm³/mol. The average Bonchev–Trinajstić information content (AvgIpc) is 3.57. The molecule has 0 spiro atoms. The fraction of sp³-hybridized carbons (Fsp3) is 0.278. The monoisotopic (exact) mass is 749 g/mol. The molecule has 6 rings (SSSR count). The number of anilines is 2. The third-order valence-electron chi connectivity index (χ3n) is 8.49. The van der Waals surface area contributed by atoms with Crippen LogP contribution in [0.4, 0.5) is 11.4 Å². The Morgan fingerprint density at radius 2 is 1.75 bits per heavy atom. The molecule has 0 unspecified atom stereocenters. The van der Waals surface area contributed by atoms with Crippen molar-refractivity contribution in [2.75, 3.05) is 48.5 Å². The second-order valence-corrected chi connectivity index (χ2v) is 15.1. The lowest BCUT2D eigenvalue weighted by Gasteiger charge is -2.31. The first kappa shape index (κ1) is 33.8. The Hall–Kier alpha value is -4.13. The fourth-order valence-corrected chi connectivity index (χ4v) is 9.03. The minimum Gasteiger partial charge on any atom is -0.460 e. The molecule has 0 atom stereocenters. The molecule has 2 aromatic heterocycles. The molecular weight excluding hydrogens is 714 g/mol. The zero-order valence-electron chi connectivity index (χ0n) is 26.7. The van der Waals surface area contributed by atoms with Crippen LogP contribution in [0.25, 0.3) is 11.0 Å². The van der Waals surface area contributed by atoms with Crippen LogP contribution in [-0.2, 0) is 21.2 Å². The smallest absolute Gasteiger partial charge is 0.374 e. The van der Waals surface area contributed by atoms with Gasteiger partial charge in [0.15, 0.2) is 0 Å². The van der Waals surface area contributed by atoms with Crippen LogP contribution in [0.5, 0.6) is 0 Å². The Morgan fingerprint density at radius 1 is 0.979 bits per heavy atom. The molecule has 1 saturated heterocycles. The number of halogens is 1. The number of amides is 1. The van der Waals surface area contributed by atoms with E-state index in [0.717, 1.165) is 22.1 Å². The highest BCUT2D eigenvalue weighted by molar-refractivity contribution is 9.10. The Labute approximate surface area is 292 Å². The third-order valence-corrected chi connectivity index (χ3v) is 12.1. The van der Waals surface area contributed by atoms with Crippen molar-refractivity contribution in [2.45, 2.75) is 31.6 Å². The third kappa shape index (κ3) is 6.87. The van der Waals surface area contributed by atoms with Crippen LogP contribution in [0.3, 0.4) is 0 Å². The zero-order chi connectivity index (χ0) is 33.8. The molecule has 0 aliphatic carbocycles. The van der Waals surface area contributed by atoms with E-state index in [1.165, 1.54) is 21.7 Å². The van der Waals surface area contributed by atoms with Gasteiger partial charge >= 0.3 is 5.97 Å². The molecule has 1 amide bonds. The molecule has 0 saturated carbocycles. The van der Waals surface area contributed by atoms with E-state index < -0.39 is 16.0 Å². The van der Waals surface area contributed by atoms with E-state index in [-0.39, 0.29) is 29.7 Å². The van der Waals surface area contributed by atoms with Crippen LogP contribution in [0.2, 0.25) is 0 Å². The Bertz CT molecular complexity index is 2040. The van der Waals surface area contributed by atoms with Crippen molar-refractivity contribution in [1.29, 1.82) is 0 Å². The summed E-state index contributed by atoms with van der Waals surface area (Å²) in [6.45, 7) is 6.16. The van der Waals surface area contributed by atoms with Crippen LogP contribution in [-0.4, -0.2) is 64.5 Å². The van der Waals surface area contributed by atoms with Crippen LogP contribution in [0, 0.1) is 6.92 Å². The Kier molecular flexibility index (Phi) is 10.2. The van der Waals surface area contributed by atoms with Gasteiger partial charge in [0.25, 0.3) is 15.9 Å². The summed E-state index contributed by atoms with van der Waals surface area (Å²) in [5.74, 6) is -0.530. The van der Waals surface area contributed by atoms with E-state index in [2.05, 4.69) is 20.8 Å². The number of sulfonamides is 1. The molecule has 1 aliphatic rings. The van der Waals surface area contributed by atoms with E-state index in [4.69, 9.17) is 9.15 Å². The van der Waals surface area contributed by atoms with Crippen molar-refractivity contribution in [2.24, 2.45) is 0 Å². The Morgan fingerprint density at radius 3 is 2.50 bits per heavy atom. The second-order valence-electron chi connectivity index (χ2n) is 11.5. The molecule has 3 aromatic carbocycles. The summed E-state index contributed by atoms with van der Waals surface area (Å²) >= 11 is 4.91. The summed E-state index contributed by atoms with van der Waals surface area (Å²) in [7, 11) is -4.10. The zero-order valence-corrected chi connectivity index (χ0v) is 29.9. The number of carbonyl (C=O) groups is 2. The number of ether oxygens (including phenoxy) is 1. The number of hydrogen-bond acceptors (Lipinski definition) is 8. The van der Waals surface area contributed by atoms with Crippen molar-refractivity contribution in [1.82, 2.24) is 4.90 Å². The number of esters is 1. The van der Waals surface area contributed by atoms with Crippen molar-refractivity contribution in [3.8, 4) is 0 Å². The molecule has 1 aliphatic heterocycles. The van der Waals surface area contributed by atoms with Crippen LogP contribution in [0.1, 0.15) is 44.7 Å². The first-order chi connectivity index (χ1) is 23.2. The minimum atomic E-state index is -4.10. The number of hydrogen-bond donors (Lipinski definition) is 0. The van der Waals surface area contributed by atoms with Gasteiger partial charge < -0.3 is 19.0 Å². The summed E-state index contributed by atoms with van der Waals surface area (Å²) in [4.78, 5) is 30.6. The highest BCUT2D eigenvalue weighted by Gasteiger charge is 2.31. The van der Waals surface area contributed by atoms with Crippen LogP contribution >= 0.6 is 27.3 Å². The molecular formula is C36H36BrN3O6S2. The summed E-state index contributed by atoms with van der Waals surface area (Å²) in [5.41, 5.74) is 3.29. The highest BCUT2D eigenvalue weighted by Crippen LogP contribution is 2.36. The van der Waals surface area contributed by atoms with E-state index in [1.54, 1.807) is 26.0 Å². The van der Waals surface area contributed by atoms with Crippen molar-refractivity contribution < 1.29 is 27.2 Å². The standard InChI is InChI=1S/C36H36BrN3O6S2/c1-3-45-36(42)33-25(2)28-24-27(14-15-32(28)46-33)48(43,44)40(20-16-26-10-5-4-6-11-26)31-13-8-7-12-30(31)38-18-9-19-39(22-21-38)35(41)34-29(37)17-23-47-34/h4-8,10-15,17,23-24H,3,9,16,18-22H2,1-2H3. The summed E-state index contributed by atoms with van der Waals surface area (Å²) in [5, 5.41) is 2.43. The van der Waals surface area contributed by atoms with Gasteiger partial charge in [0, 0.05) is 48.1 Å². The van der Waals surface area contributed by atoms with Gasteiger partial charge in [0.1, 0.15) is 10.5 Å². The van der Waals surface area contributed by atoms with Gasteiger partial charge in [0.2, 0.25) is 5.76 Å². The normalized spacial score (nSPS) is 13.8. The lowest BCUT2D eigenvalue weighted by Crippen LogP contribution is -2.37. The number of furan rings is 1. The number of benzene rings is 3. The van der Waals surface area contributed by atoms with Gasteiger partial charge in [-0.1, -0.05) is 42.5 Å². The molecule has 3 heterocycles. The van der Waals surface area contributed by atoms with E-state index >= 15 is 0 Å². The molecule has 5 aromatic rings. The number of thiophene rings is 1. The number of para-hydroxylation sites is 2. The summed E-state index contributed by atoms with van der Waals surface area (Å²) in [6.07, 6.45) is 1.23. The highest BCUT2D eigenvalue weighted by atomic mass is 79.9. The van der Waals surface area contributed by atoms with Gasteiger partial charge in [-0.15, -0.1) is 11.3 Å². The Balaban J connectivity index is 1.35. The summed E-state index contributed by atoms with van der Waals surface area (Å²) < 4.78 is 42.6. The van der Waals surface area contributed by atoms with Gasteiger partial charge in [-0.2, -0.15) is 0 Å². The number of rotatable bonds is 10. The van der Waals surface area contributed by atoms with Crippen LogP contribution in [0.15, 0.2) is 98.0 Å². The molecule has 48 heavy (non-hydrogen) atoms. The quantitative estimate of drug-likeness (QED) is 0.136. The summed E-state index contributed by atoms with van der Waals surface area (Å²) in [6, 6.07) is 23.9. The molecule has 1 fully saturated rings. The van der Waals surface area contributed by atoms with E-state index in [9.17, 15) is 18.0 Å². The maximum Gasteiger partial charge on any atom is 0.374 e. The molecule has 0 N–H and O–H groups in total. The molecule has 250 valence electrons. The van der Waals surface area contributed by atoms with Crippen molar-refractivity contribution >= 4 is 71.5 Å². The molecule has 12 heteroatoms. The van der Waals surface area contributed by atoms with E-state index in [1.807, 2.05) is 70.9 Å². The van der Waals surface area contributed by atoms with Gasteiger partial charge in [-0.25, -0.2) is 13.2 Å². The first-order valence-electron chi connectivity index (χ1n) is 15.8. The fourth-order valence-electron chi connectivity index (χ4n) is 6.02. The topological polar surface area (TPSA) is 100 Å². The second kappa shape index (κ2) is 14.6. The van der Waals surface area contributed by atoms with Crippen molar-refractivity contribution in [3.05, 3.63) is 110 Å². The maximum atomic E-state index is 14.7. The molecule has 0 bridgehead atoms. The number of aryl methyl sites for hydroxylation is 1. The lowest BCUT2D eigenvalue weighted by atomic mass is 10.1. The van der Waals surface area contributed by atoms with Crippen LogP contribution < -0.4 is 9.21 Å². The predicted octanol–water partition coefficient (Wildman–Crippen LogP) is 7.53. The largest absolute Gasteiger partial charge is 0.460 e. The van der Waals surface area contributed by atoms with Gasteiger partial charge in [-0.3, -0.25) is 9.10 Å². The van der Waals surface area contributed by atoms with E-state index in [0.29, 0.717) is 59.7 Å². The van der Waals surface area contributed by atoms with Gasteiger partial charge in [0.05, 0.1) is 22.9 Å². The van der Waals surface area contributed by atoms with Gasteiger partial charge in [-0.05, 0) is 90.0 Å². The number of carbonyl (C=O) groups excluding carboxylic acids is 2. The number of nitrogens with zero attached hydrogens (tertiary/aromatic N) is 3. The minimum absolute atomic E-state index is 0.00452. The average molecular weight is 751 g/mol.